The summed E-state index contributed by atoms with van der Waals surface area (Å²) in [4.78, 5) is 0.686. The van der Waals surface area contributed by atoms with Crippen molar-refractivity contribution in [2.45, 2.75) is 23.0 Å². The predicted molar refractivity (Wildman–Crippen MR) is 57.2 cm³/mol. The van der Waals surface area contributed by atoms with E-state index >= 15 is 0 Å². The molecule has 4 heteroatoms. The summed E-state index contributed by atoms with van der Waals surface area (Å²) in [5.74, 6) is 0.640. The van der Waals surface area contributed by atoms with Crippen LogP contribution in [0.2, 0.25) is 0 Å². The summed E-state index contributed by atoms with van der Waals surface area (Å²) < 4.78 is 1.23. The van der Waals surface area contributed by atoms with E-state index in [0.29, 0.717) is 10.8 Å². The van der Waals surface area contributed by atoms with Crippen LogP contribution in [0.4, 0.5) is 5.69 Å². The van der Waals surface area contributed by atoms with Gasteiger partial charge in [0.25, 0.3) is 0 Å². The van der Waals surface area contributed by atoms with Crippen molar-refractivity contribution in [1.29, 1.82) is 5.26 Å². The molecule has 0 aliphatic heterocycles. The van der Waals surface area contributed by atoms with Crippen LogP contribution in [0, 0.1) is 11.3 Å². The van der Waals surface area contributed by atoms with Crippen molar-refractivity contribution in [3.8, 4) is 6.07 Å². The monoisotopic (exact) mass is 210 g/mol. The van der Waals surface area contributed by atoms with E-state index in [2.05, 4.69) is 6.07 Å². The number of nitrogen functional groups attached to an aromatic ring is 1. The van der Waals surface area contributed by atoms with Crippen LogP contribution in [-0.2, 0) is 0 Å². The molecule has 2 nitrogen and oxygen atoms in total. The Morgan fingerprint density at radius 3 is 2.77 bits per heavy atom. The van der Waals surface area contributed by atoms with Crippen LogP contribution in [0.1, 0.15) is 29.2 Å². The van der Waals surface area contributed by atoms with Crippen LogP contribution >= 0.6 is 23.1 Å². The van der Waals surface area contributed by atoms with Crippen LogP contribution < -0.4 is 5.73 Å². The lowest BCUT2D eigenvalue weighted by molar-refractivity contribution is 1.11. The highest BCUT2D eigenvalue weighted by Gasteiger charge is 2.30. The molecule has 1 fully saturated rings. The van der Waals surface area contributed by atoms with Gasteiger partial charge in [-0.05, 0) is 25.0 Å². The molecule has 13 heavy (non-hydrogen) atoms. The Hall–Kier alpha value is -0.660. The molecule has 2 N–H and O–H groups in total. The maximum Gasteiger partial charge on any atom is 0.129 e. The number of thioether (sulfide) groups is 1. The second kappa shape index (κ2) is 3.24. The van der Waals surface area contributed by atoms with Gasteiger partial charge in [-0.2, -0.15) is 5.26 Å². The molecule has 1 saturated carbocycles. The first-order valence-corrected chi connectivity index (χ1v) is 6.18. The van der Waals surface area contributed by atoms with Gasteiger partial charge in [0.1, 0.15) is 10.9 Å². The molecule has 0 atom stereocenters. The molecule has 0 unspecified atom stereocenters. The second-order valence-corrected chi connectivity index (χ2v) is 5.23. The normalized spacial score (nSPS) is 15.7. The summed E-state index contributed by atoms with van der Waals surface area (Å²) in [6.45, 7) is 0. The zero-order valence-electron chi connectivity index (χ0n) is 7.33. The number of hydrogen-bond donors (Lipinski definition) is 1. The summed E-state index contributed by atoms with van der Waals surface area (Å²) >= 11 is 3.23. The van der Waals surface area contributed by atoms with Crippen LogP contribution in [-0.4, -0.2) is 6.26 Å². The summed E-state index contributed by atoms with van der Waals surface area (Å²) in [6.07, 6.45) is 4.51. The molecular weight excluding hydrogens is 200 g/mol. The van der Waals surface area contributed by atoms with Crippen molar-refractivity contribution in [3.63, 3.8) is 0 Å². The smallest absolute Gasteiger partial charge is 0.129 e. The first kappa shape index (κ1) is 8.92. The number of thiophene rings is 1. The van der Waals surface area contributed by atoms with E-state index in [9.17, 15) is 0 Å². The topological polar surface area (TPSA) is 49.8 Å². The maximum atomic E-state index is 8.83. The van der Waals surface area contributed by atoms with Gasteiger partial charge in [0.2, 0.25) is 0 Å². The summed E-state index contributed by atoms with van der Waals surface area (Å²) in [5, 5.41) is 8.83. The highest BCUT2D eigenvalue weighted by Crippen LogP contribution is 2.50. The molecule has 1 heterocycles. The molecule has 1 aliphatic rings. The van der Waals surface area contributed by atoms with Crippen LogP contribution in [0.15, 0.2) is 4.21 Å². The zero-order chi connectivity index (χ0) is 9.42. The Kier molecular flexibility index (Phi) is 2.22. The first-order chi connectivity index (χ1) is 6.27. The molecule has 0 radical (unpaired) electrons. The minimum atomic E-state index is 0.640. The molecule has 1 aromatic rings. The fourth-order valence-electron chi connectivity index (χ4n) is 1.43. The number of hydrogen-bond acceptors (Lipinski definition) is 4. The van der Waals surface area contributed by atoms with Crippen molar-refractivity contribution in [2.24, 2.45) is 0 Å². The number of nitrogens with two attached hydrogens (primary N) is 1. The van der Waals surface area contributed by atoms with Crippen molar-refractivity contribution in [3.05, 3.63) is 10.4 Å². The van der Waals surface area contributed by atoms with Gasteiger partial charge < -0.3 is 5.73 Å². The molecule has 2 rings (SSSR count). The molecule has 1 aliphatic carbocycles. The average Bonchev–Trinajstić information content (AvgIpc) is 2.91. The fraction of sp³-hybridized carbons (Fsp3) is 0.444. The molecular formula is C9H10N2S2. The van der Waals surface area contributed by atoms with Crippen molar-refractivity contribution in [1.82, 2.24) is 0 Å². The summed E-state index contributed by atoms with van der Waals surface area (Å²) in [5.41, 5.74) is 7.89. The molecule has 68 valence electrons. The minimum Gasteiger partial charge on any atom is -0.397 e. The third-order valence-corrected chi connectivity index (χ3v) is 4.48. The molecule has 0 saturated heterocycles. The molecule has 0 aromatic carbocycles. The van der Waals surface area contributed by atoms with Crippen LogP contribution in [0.5, 0.6) is 0 Å². The number of nitriles is 1. The van der Waals surface area contributed by atoms with E-state index in [1.807, 2.05) is 6.26 Å². The van der Waals surface area contributed by atoms with E-state index in [1.165, 1.54) is 34.0 Å². The van der Waals surface area contributed by atoms with Gasteiger partial charge in [0, 0.05) is 5.56 Å². The first-order valence-electron chi connectivity index (χ1n) is 4.14. The number of anilines is 1. The van der Waals surface area contributed by atoms with Gasteiger partial charge >= 0.3 is 0 Å². The zero-order valence-corrected chi connectivity index (χ0v) is 8.97. The Labute approximate surface area is 85.7 Å². The third-order valence-electron chi connectivity index (χ3n) is 2.22. The standard InChI is InChI=1S/C9H10N2S2/c1-12-9-7(5-2-3-5)8(11)6(4-10)13-9/h5H,2-3,11H2,1H3. The molecule has 0 amide bonds. The molecule has 1 aromatic heterocycles. The van der Waals surface area contributed by atoms with Gasteiger partial charge in [-0.15, -0.1) is 23.1 Å². The maximum absolute atomic E-state index is 8.83. The summed E-state index contributed by atoms with van der Waals surface area (Å²) in [7, 11) is 0. The highest BCUT2D eigenvalue weighted by atomic mass is 32.2. The van der Waals surface area contributed by atoms with E-state index in [-0.39, 0.29) is 0 Å². The van der Waals surface area contributed by atoms with Crippen molar-refractivity contribution in [2.75, 3.05) is 12.0 Å². The van der Waals surface area contributed by atoms with Gasteiger partial charge in [0.15, 0.2) is 0 Å². The van der Waals surface area contributed by atoms with Gasteiger partial charge in [-0.1, -0.05) is 0 Å². The third kappa shape index (κ3) is 1.43. The Morgan fingerprint density at radius 2 is 2.31 bits per heavy atom. The predicted octanol–water partition coefficient (Wildman–Crippen LogP) is 2.80. The second-order valence-electron chi connectivity index (χ2n) is 3.14. The largest absolute Gasteiger partial charge is 0.397 e. The Morgan fingerprint density at radius 1 is 1.62 bits per heavy atom. The highest BCUT2D eigenvalue weighted by molar-refractivity contribution is 8.00. The van der Waals surface area contributed by atoms with Gasteiger partial charge in [-0.3, -0.25) is 0 Å². The van der Waals surface area contributed by atoms with E-state index < -0.39 is 0 Å². The molecule has 0 bridgehead atoms. The van der Waals surface area contributed by atoms with Gasteiger partial charge in [-0.25, -0.2) is 0 Å². The van der Waals surface area contributed by atoms with E-state index in [1.54, 1.807) is 11.8 Å². The molecule has 0 spiro atoms. The quantitative estimate of drug-likeness (QED) is 0.764. The van der Waals surface area contributed by atoms with Crippen LogP contribution in [0.3, 0.4) is 0 Å². The fourth-order valence-corrected chi connectivity index (χ4v) is 3.35. The Balaban J connectivity index is 2.51. The number of rotatable bonds is 2. The minimum absolute atomic E-state index is 0.640. The van der Waals surface area contributed by atoms with E-state index in [4.69, 9.17) is 11.0 Å². The van der Waals surface area contributed by atoms with Crippen LogP contribution in [0.25, 0.3) is 0 Å². The average molecular weight is 210 g/mol. The summed E-state index contributed by atoms with van der Waals surface area (Å²) in [6, 6.07) is 2.15. The lowest BCUT2D eigenvalue weighted by Crippen LogP contribution is -1.90. The van der Waals surface area contributed by atoms with Gasteiger partial charge in [0.05, 0.1) is 9.90 Å². The van der Waals surface area contributed by atoms with Crippen molar-refractivity contribution < 1.29 is 0 Å². The van der Waals surface area contributed by atoms with Crippen molar-refractivity contribution >= 4 is 28.8 Å². The SMILES string of the molecule is CSc1sc(C#N)c(N)c1C1CC1. The lowest BCUT2D eigenvalue weighted by atomic mass is 10.2. The van der Waals surface area contributed by atoms with E-state index in [0.717, 1.165) is 5.69 Å². The lowest BCUT2D eigenvalue weighted by Gasteiger charge is -1.98. The Bertz CT molecular complexity index is 372. The number of nitrogens with zero attached hydrogens (tertiary/aromatic N) is 1.